The van der Waals surface area contributed by atoms with Crippen LogP contribution in [0.4, 0.5) is 0 Å². The Kier molecular flexibility index (Phi) is 3.39. The molecule has 2 aromatic carbocycles. The van der Waals surface area contributed by atoms with E-state index >= 15 is 0 Å². The SMILES string of the molecule is O=C(O)c1c(-c2ccccc2)c(-c2ccccc2)c2ccccn12. The fraction of sp³-hybridized carbons (Fsp3) is 0. The highest BCUT2D eigenvalue weighted by molar-refractivity contribution is 6.06. The van der Waals surface area contributed by atoms with Crippen LogP contribution in [-0.4, -0.2) is 15.5 Å². The molecule has 0 amide bonds. The fourth-order valence-corrected chi connectivity index (χ4v) is 3.20. The predicted octanol–water partition coefficient (Wildman–Crippen LogP) is 4.97. The average molecular weight is 313 g/mol. The molecule has 0 aliphatic rings. The summed E-state index contributed by atoms with van der Waals surface area (Å²) in [6.45, 7) is 0. The van der Waals surface area contributed by atoms with Gasteiger partial charge in [0.05, 0.1) is 5.52 Å². The lowest BCUT2D eigenvalue weighted by molar-refractivity contribution is 0.0690. The smallest absolute Gasteiger partial charge is 0.353 e. The number of hydrogen-bond donors (Lipinski definition) is 1. The van der Waals surface area contributed by atoms with Gasteiger partial charge in [0.15, 0.2) is 0 Å². The summed E-state index contributed by atoms with van der Waals surface area (Å²) in [5, 5.41) is 9.86. The second-order valence-electron chi connectivity index (χ2n) is 5.59. The number of rotatable bonds is 3. The van der Waals surface area contributed by atoms with Crippen molar-refractivity contribution in [2.45, 2.75) is 0 Å². The zero-order valence-electron chi connectivity index (χ0n) is 12.9. The van der Waals surface area contributed by atoms with Gasteiger partial charge in [0.25, 0.3) is 0 Å². The summed E-state index contributed by atoms with van der Waals surface area (Å²) < 4.78 is 1.76. The van der Waals surface area contributed by atoms with E-state index in [-0.39, 0.29) is 5.69 Å². The lowest BCUT2D eigenvalue weighted by atomic mass is 9.95. The molecule has 2 heterocycles. The third kappa shape index (κ3) is 2.18. The first kappa shape index (κ1) is 14.3. The number of benzene rings is 2. The van der Waals surface area contributed by atoms with Crippen LogP contribution in [0.2, 0.25) is 0 Å². The van der Waals surface area contributed by atoms with Crippen LogP contribution in [0.3, 0.4) is 0 Å². The number of aromatic carboxylic acids is 1. The molecule has 4 aromatic rings. The maximum Gasteiger partial charge on any atom is 0.353 e. The van der Waals surface area contributed by atoms with Crippen LogP contribution in [0.5, 0.6) is 0 Å². The van der Waals surface area contributed by atoms with Gasteiger partial charge < -0.3 is 9.51 Å². The van der Waals surface area contributed by atoms with Crippen molar-refractivity contribution in [3.05, 3.63) is 90.8 Å². The van der Waals surface area contributed by atoms with Crippen LogP contribution < -0.4 is 0 Å². The van der Waals surface area contributed by atoms with Crippen LogP contribution in [-0.2, 0) is 0 Å². The first-order valence-electron chi connectivity index (χ1n) is 7.74. The fourth-order valence-electron chi connectivity index (χ4n) is 3.20. The third-order valence-electron chi connectivity index (χ3n) is 4.17. The number of nitrogens with zero attached hydrogens (tertiary/aromatic N) is 1. The zero-order valence-corrected chi connectivity index (χ0v) is 12.9. The number of aromatic nitrogens is 1. The van der Waals surface area contributed by atoms with Crippen LogP contribution >= 0.6 is 0 Å². The van der Waals surface area contributed by atoms with Crippen molar-refractivity contribution in [3.63, 3.8) is 0 Å². The largest absolute Gasteiger partial charge is 0.477 e. The van der Waals surface area contributed by atoms with Gasteiger partial charge in [-0.05, 0) is 23.3 Å². The van der Waals surface area contributed by atoms with Crippen LogP contribution in [0.25, 0.3) is 27.8 Å². The Labute approximate surface area is 139 Å². The molecule has 0 radical (unpaired) electrons. The summed E-state index contributed by atoms with van der Waals surface area (Å²) in [6, 6.07) is 25.4. The number of carboxylic acids is 1. The molecule has 1 N–H and O–H groups in total. The molecule has 0 aliphatic carbocycles. The van der Waals surface area contributed by atoms with Gasteiger partial charge >= 0.3 is 5.97 Å². The maximum absolute atomic E-state index is 12.0. The van der Waals surface area contributed by atoms with Gasteiger partial charge in [-0.3, -0.25) is 0 Å². The lowest BCUT2D eigenvalue weighted by Gasteiger charge is -2.06. The Morgan fingerprint density at radius 1 is 0.708 bits per heavy atom. The Bertz CT molecular complexity index is 1020. The van der Waals surface area contributed by atoms with Crippen molar-refractivity contribution in [1.82, 2.24) is 4.40 Å². The molecule has 4 rings (SSSR count). The highest BCUT2D eigenvalue weighted by Gasteiger charge is 2.24. The molecular weight excluding hydrogens is 298 g/mol. The van der Waals surface area contributed by atoms with Gasteiger partial charge in [-0.1, -0.05) is 66.7 Å². The number of carbonyl (C=O) groups is 1. The minimum absolute atomic E-state index is 0.288. The van der Waals surface area contributed by atoms with Gasteiger partial charge in [-0.2, -0.15) is 0 Å². The van der Waals surface area contributed by atoms with E-state index in [4.69, 9.17) is 0 Å². The highest BCUT2D eigenvalue weighted by Crippen LogP contribution is 2.40. The lowest BCUT2D eigenvalue weighted by Crippen LogP contribution is -2.03. The Balaban J connectivity index is 2.19. The average Bonchev–Trinajstić information content (AvgIpc) is 2.98. The van der Waals surface area contributed by atoms with Crippen molar-refractivity contribution < 1.29 is 9.90 Å². The molecule has 3 heteroatoms. The monoisotopic (exact) mass is 313 g/mol. The Morgan fingerprint density at radius 2 is 1.25 bits per heavy atom. The normalized spacial score (nSPS) is 10.8. The molecule has 0 saturated carbocycles. The van der Waals surface area contributed by atoms with Gasteiger partial charge in [0.1, 0.15) is 5.69 Å². The van der Waals surface area contributed by atoms with Crippen molar-refractivity contribution in [3.8, 4) is 22.3 Å². The molecule has 116 valence electrons. The van der Waals surface area contributed by atoms with E-state index in [1.807, 2.05) is 78.9 Å². The van der Waals surface area contributed by atoms with Crippen molar-refractivity contribution in [1.29, 1.82) is 0 Å². The highest BCUT2D eigenvalue weighted by atomic mass is 16.4. The van der Waals surface area contributed by atoms with Crippen molar-refractivity contribution >= 4 is 11.5 Å². The van der Waals surface area contributed by atoms with Crippen LogP contribution in [0.15, 0.2) is 85.1 Å². The summed E-state index contributed by atoms with van der Waals surface area (Å²) in [5.41, 5.74) is 4.78. The molecule has 0 aliphatic heterocycles. The topological polar surface area (TPSA) is 41.7 Å². The summed E-state index contributed by atoms with van der Waals surface area (Å²) in [4.78, 5) is 12.0. The second-order valence-corrected chi connectivity index (χ2v) is 5.59. The van der Waals surface area contributed by atoms with Gasteiger partial charge in [0, 0.05) is 17.3 Å². The van der Waals surface area contributed by atoms with E-state index in [0.29, 0.717) is 0 Å². The minimum atomic E-state index is -0.933. The van der Waals surface area contributed by atoms with Crippen LogP contribution in [0.1, 0.15) is 10.5 Å². The Hall–Kier alpha value is -3.33. The summed E-state index contributed by atoms with van der Waals surface area (Å²) >= 11 is 0. The number of fused-ring (bicyclic) bond motifs is 1. The van der Waals surface area contributed by atoms with E-state index in [1.165, 1.54) is 0 Å². The van der Waals surface area contributed by atoms with E-state index in [9.17, 15) is 9.90 Å². The maximum atomic E-state index is 12.0. The summed E-state index contributed by atoms with van der Waals surface area (Å²) in [5.74, 6) is -0.933. The molecule has 3 nitrogen and oxygen atoms in total. The second kappa shape index (κ2) is 5.70. The quantitative estimate of drug-likeness (QED) is 0.580. The molecule has 0 saturated heterocycles. The molecule has 24 heavy (non-hydrogen) atoms. The first-order chi connectivity index (χ1) is 11.8. The number of hydrogen-bond acceptors (Lipinski definition) is 1. The first-order valence-corrected chi connectivity index (χ1v) is 7.74. The van der Waals surface area contributed by atoms with E-state index in [0.717, 1.165) is 27.8 Å². The van der Waals surface area contributed by atoms with Crippen molar-refractivity contribution in [2.24, 2.45) is 0 Å². The van der Waals surface area contributed by atoms with Gasteiger partial charge in [-0.25, -0.2) is 4.79 Å². The minimum Gasteiger partial charge on any atom is -0.477 e. The molecule has 0 atom stereocenters. The molecular formula is C21H15NO2. The molecule has 0 fully saturated rings. The molecule has 0 unspecified atom stereocenters. The zero-order chi connectivity index (χ0) is 16.5. The number of pyridine rings is 1. The Morgan fingerprint density at radius 3 is 1.83 bits per heavy atom. The van der Waals surface area contributed by atoms with Gasteiger partial charge in [-0.15, -0.1) is 0 Å². The molecule has 2 aromatic heterocycles. The van der Waals surface area contributed by atoms with Crippen molar-refractivity contribution in [2.75, 3.05) is 0 Å². The predicted molar refractivity (Wildman–Crippen MR) is 95.2 cm³/mol. The molecule has 0 bridgehead atoms. The third-order valence-corrected chi connectivity index (χ3v) is 4.17. The number of carboxylic acid groups (broad SMARTS) is 1. The molecule has 0 spiro atoms. The summed E-state index contributed by atoms with van der Waals surface area (Å²) in [7, 11) is 0. The summed E-state index contributed by atoms with van der Waals surface area (Å²) in [6.07, 6.45) is 1.80. The van der Waals surface area contributed by atoms with E-state index in [2.05, 4.69) is 0 Å². The van der Waals surface area contributed by atoms with Gasteiger partial charge in [0.2, 0.25) is 0 Å². The van der Waals surface area contributed by atoms with E-state index in [1.54, 1.807) is 10.6 Å². The van der Waals surface area contributed by atoms with E-state index < -0.39 is 5.97 Å². The van der Waals surface area contributed by atoms with Crippen LogP contribution in [0, 0.1) is 0 Å². The standard InChI is InChI=1S/C21H15NO2/c23-21(24)20-19(16-11-5-2-6-12-16)18(15-9-3-1-4-10-15)17-13-7-8-14-22(17)20/h1-14H,(H,23,24).